The van der Waals surface area contributed by atoms with Gasteiger partial charge >= 0.3 is 0 Å². The quantitative estimate of drug-likeness (QED) is 0.883. The third-order valence-electron chi connectivity index (χ3n) is 3.51. The lowest BCUT2D eigenvalue weighted by molar-refractivity contribution is 0.0621. The topological polar surface area (TPSA) is 56.7 Å². The lowest BCUT2D eigenvalue weighted by atomic mass is 9.98. The van der Waals surface area contributed by atoms with Crippen molar-refractivity contribution in [3.63, 3.8) is 0 Å². The number of aromatic nitrogens is 1. The molecule has 1 atom stereocenters. The zero-order valence-electron chi connectivity index (χ0n) is 11.5. The van der Waals surface area contributed by atoms with E-state index in [0.717, 1.165) is 19.4 Å². The van der Waals surface area contributed by atoms with Crippen LogP contribution in [0, 0.1) is 5.92 Å². The van der Waals surface area contributed by atoms with E-state index in [0.29, 0.717) is 17.9 Å². The Bertz CT molecular complexity index is 448. The molecule has 5 nitrogen and oxygen atoms in total. The van der Waals surface area contributed by atoms with Crippen LogP contribution in [0.5, 0.6) is 0 Å². The number of pyridine rings is 1. The van der Waals surface area contributed by atoms with Crippen LogP contribution in [0.3, 0.4) is 0 Å². The fourth-order valence-corrected chi connectivity index (χ4v) is 2.49. The summed E-state index contributed by atoms with van der Waals surface area (Å²) in [6.07, 6.45) is 3.64. The number of piperidine rings is 1. The van der Waals surface area contributed by atoms with Crippen LogP contribution in [0.4, 0.5) is 5.82 Å². The first-order valence-electron chi connectivity index (χ1n) is 6.66. The minimum atomic E-state index is 0.00921. The predicted octanol–water partition coefficient (Wildman–Crippen LogP) is 0.992. The van der Waals surface area contributed by atoms with Gasteiger partial charge in [-0.3, -0.25) is 4.79 Å². The largest absolute Gasteiger partial charge is 0.396 e. The van der Waals surface area contributed by atoms with E-state index in [1.165, 1.54) is 0 Å². The maximum absolute atomic E-state index is 12.6. The van der Waals surface area contributed by atoms with Crippen molar-refractivity contribution in [2.75, 3.05) is 38.7 Å². The fraction of sp³-hybridized carbons (Fsp3) is 0.571. The van der Waals surface area contributed by atoms with E-state index >= 15 is 0 Å². The molecular weight excluding hydrogens is 242 g/mol. The summed E-state index contributed by atoms with van der Waals surface area (Å²) in [5, 5.41) is 9.25. The van der Waals surface area contributed by atoms with Crippen molar-refractivity contribution in [3.8, 4) is 0 Å². The third-order valence-corrected chi connectivity index (χ3v) is 3.51. The summed E-state index contributed by atoms with van der Waals surface area (Å²) >= 11 is 0. The summed E-state index contributed by atoms with van der Waals surface area (Å²) in [5.74, 6) is 0.908. The highest BCUT2D eigenvalue weighted by molar-refractivity contribution is 5.98. The molecule has 1 aromatic rings. The van der Waals surface area contributed by atoms with Gasteiger partial charge in [0.05, 0.1) is 5.56 Å². The van der Waals surface area contributed by atoms with Crippen LogP contribution in [0.25, 0.3) is 0 Å². The van der Waals surface area contributed by atoms with E-state index in [-0.39, 0.29) is 18.4 Å². The number of hydrogen-bond donors (Lipinski definition) is 1. The van der Waals surface area contributed by atoms with Crippen LogP contribution < -0.4 is 4.90 Å². The van der Waals surface area contributed by atoms with Gasteiger partial charge in [0.2, 0.25) is 0 Å². The average Bonchev–Trinajstić information content (AvgIpc) is 2.46. The monoisotopic (exact) mass is 263 g/mol. The molecule has 0 aliphatic carbocycles. The van der Waals surface area contributed by atoms with Gasteiger partial charge < -0.3 is 14.9 Å². The smallest absolute Gasteiger partial charge is 0.257 e. The molecule has 0 bridgehead atoms. The van der Waals surface area contributed by atoms with E-state index < -0.39 is 0 Å². The van der Waals surface area contributed by atoms with Gasteiger partial charge in [0.15, 0.2) is 0 Å². The molecule has 5 heteroatoms. The number of nitrogens with zero attached hydrogens (tertiary/aromatic N) is 3. The number of aliphatic hydroxyl groups is 1. The van der Waals surface area contributed by atoms with Crippen molar-refractivity contribution in [2.24, 2.45) is 5.92 Å². The molecule has 1 N–H and O–H groups in total. The Morgan fingerprint density at radius 2 is 2.37 bits per heavy atom. The van der Waals surface area contributed by atoms with Gasteiger partial charge in [-0.15, -0.1) is 0 Å². The molecule has 1 aliphatic rings. The lowest BCUT2D eigenvalue weighted by Gasteiger charge is -2.32. The van der Waals surface area contributed by atoms with Crippen LogP contribution >= 0.6 is 0 Å². The SMILES string of the molecule is CN(C)c1ncccc1C(=O)N1CCCC(CO)C1. The van der Waals surface area contributed by atoms with E-state index in [1.54, 1.807) is 12.3 Å². The first-order valence-corrected chi connectivity index (χ1v) is 6.66. The number of carbonyl (C=O) groups excluding carboxylic acids is 1. The summed E-state index contributed by atoms with van der Waals surface area (Å²) in [7, 11) is 3.76. The number of aliphatic hydroxyl groups excluding tert-OH is 1. The molecule has 1 amide bonds. The van der Waals surface area contributed by atoms with Crippen LogP contribution in [-0.4, -0.2) is 54.7 Å². The van der Waals surface area contributed by atoms with E-state index in [1.807, 2.05) is 30.0 Å². The van der Waals surface area contributed by atoms with Gasteiger partial charge in [-0.25, -0.2) is 4.98 Å². The van der Waals surface area contributed by atoms with Gasteiger partial charge in [-0.1, -0.05) is 0 Å². The minimum absolute atomic E-state index is 0.00921. The van der Waals surface area contributed by atoms with E-state index in [2.05, 4.69) is 4.98 Å². The zero-order chi connectivity index (χ0) is 13.8. The molecule has 0 aromatic carbocycles. The molecular formula is C14H21N3O2. The summed E-state index contributed by atoms with van der Waals surface area (Å²) in [6.45, 7) is 1.55. The first kappa shape index (κ1) is 13.8. The maximum Gasteiger partial charge on any atom is 0.257 e. The number of carbonyl (C=O) groups is 1. The average molecular weight is 263 g/mol. The Balaban J connectivity index is 2.19. The highest BCUT2D eigenvalue weighted by atomic mass is 16.3. The molecule has 19 heavy (non-hydrogen) atoms. The highest BCUT2D eigenvalue weighted by Gasteiger charge is 2.26. The molecule has 1 aliphatic heterocycles. The van der Waals surface area contributed by atoms with Crippen LogP contribution in [0.1, 0.15) is 23.2 Å². The second kappa shape index (κ2) is 6.02. The summed E-state index contributed by atoms with van der Waals surface area (Å²) in [6, 6.07) is 3.60. The van der Waals surface area contributed by atoms with Gasteiger partial charge in [-0.05, 0) is 30.9 Å². The molecule has 1 fully saturated rings. The predicted molar refractivity (Wildman–Crippen MR) is 74.3 cm³/mol. The Labute approximate surface area is 113 Å². The Morgan fingerprint density at radius 3 is 3.05 bits per heavy atom. The van der Waals surface area contributed by atoms with Crippen LogP contribution in [0.2, 0.25) is 0 Å². The highest BCUT2D eigenvalue weighted by Crippen LogP contribution is 2.21. The molecule has 1 unspecified atom stereocenters. The molecule has 2 heterocycles. The summed E-state index contributed by atoms with van der Waals surface area (Å²) in [4.78, 5) is 20.5. The fourth-order valence-electron chi connectivity index (χ4n) is 2.49. The van der Waals surface area contributed by atoms with Crippen molar-refractivity contribution in [1.29, 1.82) is 0 Å². The number of likely N-dealkylation sites (tertiary alicyclic amines) is 1. The third kappa shape index (κ3) is 3.04. The zero-order valence-corrected chi connectivity index (χ0v) is 11.5. The Morgan fingerprint density at radius 1 is 1.58 bits per heavy atom. The van der Waals surface area contributed by atoms with Crippen LogP contribution in [0.15, 0.2) is 18.3 Å². The van der Waals surface area contributed by atoms with Gasteiger partial charge in [0, 0.05) is 40.0 Å². The molecule has 0 radical (unpaired) electrons. The molecule has 1 aromatic heterocycles. The maximum atomic E-state index is 12.6. The summed E-state index contributed by atoms with van der Waals surface area (Å²) in [5.41, 5.74) is 0.631. The number of anilines is 1. The summed E-state index contributed by atoms with van der Waals surface area (Å²) < 4.78 is 0. The number of amides is 1. The standard InChI is InChI=1S/C14H21N3O2/c1-16(2)13-12(6-3-7-15-13)14(19)17-8-4-5-11(9-17)10-18/h3,6-7,11,18H,4-5,8-10H2,1-2H3. The Kier molecular flexibility index (Phi) is 4.37. The molecule has 104 valence electrons. The van der Waals surface area contributed by atoms with Gasteiger partial charge in [0.1, 0.15) is 5.82 Å². The van der Waals surface area contributed by atoms with Crippen molar-refractivity contribution < 1.29 is 9.90 Å². The van der Waals surface area contributed by atoms with Crippen molar-refractivity contribution in [3.05, 3.63) is 23.9 Å². The molecule has 1 saturated heterocycles. The minimum Gasteiger partial charge on any atom is -0.396 e. The van der Waals surface area contributed by atoms with Crippen molar-refractivity contribution in [2.45, 2.75) is 12.8 Å². The second-order valence-electron chi connectivity index (χ2n) is 5.21. The van der Waals surface area contributed by atoms with Crippen LogP contribution in [-0.2, 0) is 0 Å². The molecule has 2 rings (SSSR count). The van der Waals surface area contributed by atoms with E-state index in [4.69, 9.17) is 0 Å². The first-order chi connectivity index (χ1) is 9.13. The lowest BCUT2D eigenvalue weighted by Crippen LogP contribution is -2.41. The van der Waals surface area contributed by atoms with Crippen molar-refractivity contribution >= 4 is 11.7 Å². The second-order valence-corrected chi connectivity index (χ2v) is 5.21. The molecule has 0 spiro atoms. The van der Waals surface area contributed by atoms with Crippen molar-refractivity contribution in [1.82, 2.24) is 9.88 Å². The van der Waals surface area contributed by atoms with Gasteiger partial charge in [-0.2, -0.15) is 0 Å². The normalized spacial score (nSPS) is 19.3. The van der Waals surface area contributed by atoms with Gasteiger partial charge in [0.25, 0.3) is 5.91 Å². The molecule has 0 saturated carbocycles. The number of hydrogen-bond acceptors (Lipinski definition) is 4. The van der Waals surface area contributed by atoms with E-state index in [9.17, 15) is 9.90 Å². The number of rotatable bonds is 3. The Hall–Kier alpha value is -1.62.